The Morgan fingerprint density at radius 3 is 2.70 bits per heavy atom. The van der Waals surface area contributed by atoms with Gasteiger partial charge in [-0.05, 0) is 6.92 Å². The molecule has 0 aliphatic heterocycles. The quantitative estimate of drug-likeness (QED) is 0.549. The summed E-state index contributed by atoms with van der Waals surface area (Å²) in [6.07, 6.45) is 8.55. The molecule has 0 unspecified atom stereocenters. The maximum Gasteiger partial charge on any atom is 0.265 e. The number of hydrogen-bond donors (Lipinski definition) is 1. The van der Waals surface area contributed by atoms with E-state index in [0.717, 1.165) is 0 Å². The van der Waals surface area contributed by atoms with Crippen molar-refractivity contribution in [1.82, 2.24) is 34.3 Å². The standard InChI is InChI=1S/C15H13ClN8O2S/c1-9-13(16)15-19-5-10(8-24(15)21-9)27(25,26)22-12-7-20-23(2)14(12)11-6-17-3-4-18-11/h3-8,22H,1-2H3. The monoisotopic (exact) mass is 404 g/mol. The summed E-state index contributed by atoms with van der Waals surface area (Å²) in [6.45, 7) is 1.71. The lowest BCUT2D eigenvalue weighted by atomic mass is 10.3. The Balaban J connectivity index is 1.75. The molecule has 27 heavy (non-hydrogen) atoms. The van der Waals surface area contributed by atoms with Crippen LogP contribution in [0.25, 0.3) is 17.0 Å². The van der Waals surface area contributed by atoms with Crippen LogP contribution in [0.3, 0.4) is 0 Å². The van der Waals surface area contributed by atoms with E-state index < -0.39 is 10.0 Å². The fourth-order valence-electron chi connectivity index (χ4n) is 2.58. The predicted molar refractivity (Wildman–Crippen MR) is 97.8 cm³/mol. The Morgan fingerprint density at radius 1 is 1.15 bits per heavy atom. The molecule has 4 rings (SSSR count). The van der Waals surface area contributed by atoms with Crippen molar-refractivity contribution in [2.45, 2.75) is 11.8 Å². The summed E-state index contributed by atoms with van der Waals surface area (Å²) in [4.78, 5) is 12.2. The van der Waals surface area contributed by atoms with Crippen molar-refractivity contribution in [2.24, 2.45) is 7.05 Å². The molecule has 0 bridgehead atoms. The third-order valence-corrected chi connectivity index (χ3v) is 5.61. The molecule has 12 heteroatoms. The summed E-state index contributed by atoms with van der Waals surface area (Å²) in [6, 6.07) is 0. The average molecular weight is 405 g/mol. The van der Waals surface area contributed by atoms with E-state index in [-0.39, 0.29) is 10.6 Å². The van der Waals surface area contributed by atoms with Crippen LogP contribution < -0.4 is 4.72 Å². The first-order chi connectivity index (χ1) is 12.9. The Morgan fingerprint density at radius 2 is 1.96 bits per heavy atom. The number of sulfonamides is 1. The summed E-state index contributed by atoms with van der Waals surface area (Å²) < 4.78 is 31.0. The van der Waals surface area contributed by atoms with Gasteiger partial charge in [0.25, 0.3) is 10.0 Å². The number of anilines is 1. The number of fused-ring (bicyclic) bond motifs is 1. The lowest BCUT2D eigenvalue weighted by molar-refractivity contribution is 0.599. The van der Waals surface area contributed by atoms with Crippen molar-refractivity contribution in [3.05, 3.63) is 47.9 Å². The number of rotatable bonds is 4. The van der Waals surface area contributed by atoms with E-state index in [1.54, 1.807) is 14.0 Å². The minimum atomic E-state index is -3.94. The molecule has 0 atom stereocenters. The van der Waals surface area contributed by atoms with E-state index in [1.165, 1.54) is 46.4 Å². The maximum atomic E-state index is 12.8. The van der Waals surface area contributed by atoms with E-state index in [9.17, 15) is 8.42 Å². The molecule has 0 saturated heterocycles. The minimum Gasteiger partial charge on any atom is -0.276 e. The van der Waals surface area contributed by atoms with Crippen molar-refractivity contribution in [3.63, 3.8) is 0 Å². The molecule has 0 aromatic carbocycles. The molecule has 4 aromatic heterocycles. The molecule has 0 amide bonds. The van der Waals surface area contributed by atoms with E-state index >= 15 is 0 Å². The van der Waals surface area contributed by atoms with E-state index in [4.69, 9.17) is 11.6 Å². The van der Waals surface area contributed by atoms with Crippen molar-refractivity contribution in [2.75, 3.05) is 4.72 Å². The van der Waals surface area contributed by atoms with Gasteiger partial charge in [0, 0.05) is 19.4 Å². The molecule has 138 valence electrons. The highest BCUT2D eigenvalue weighted by Crippen LogP contribution is 2.27. The second-order valence-electron chi connectivity index (χ2n) is 5.68. The number of aromatic nitrogens is 7. The van der Waals surface area contributed by atoms with Crippen LogP contribution in [0, 0.1) is 6.92 Å². The summed E-state index contributed by atoms with van der Waals surface area (Å²) >= 11 is 6.09. The third-order valence-electron chi connectivity index (χ3n) is 3.85. The Kier molecular flexibility index (Phi) is 4.04. The number of nitrogens with one attached hydrogen (secondary N) is 1. The normalized spacial score (nSPS) is 11.8. The van der Waals surface area contributed by atoms with Gasteiger partial charge in [-0.25, -0.2) is 17.9 Å². The van der Waals surface area contributed by atoms with Crippen molar-refractivity contribution in [3.8, 4) is 11.4 Å². The van der Waals surface area contributed by atoms with Gasteiger partial charge < -0.3 is 0 Å². The molecule has 1 N–H and O–H groups in total. The number of halogens is 1. The lowest BCUT2D eigenvalue weighted by Gasteiger charge is -2.09. The molecular formula is C15H13ClN8O2S. The minimum absolute atomic E-state index is 0.0666. The van der Waals surface area contributed by atoms with Crippen LogP contribution in [0.2, 0.25) is 5.02 Å². The van der Waals surface area contributed by atoms with Gasteiger partial charge >= 0.3 is 0 Å². The van der Waals surface area contributed by atoms with E-state index in [0.29, 0.717) is 27.8 Å². The van der Waals surface area contributed by atoms with Crippen molar-refractivity contribution in [1.29, 1.82) is 0 Å². The van der Waals surface area contributed by atoms with Crippen LogP contribution in [-0.4, -0.2) is 42.8 Å². The zero-order valence-electron chi connectivity index (χ0n) is 14.2. The highest BCUT2D eigenvalue weighted by Gasteiger charge is 2.22. The highest BCUT2D eigenvalue weighted by atomic mass is 35.5. The molecule has 0 spiro atoms. The van der Waals surface area contributed by atoms with Crippen LogP contribution in [0.5, 0.6) is 0 Å². The van der Waals surface area contributed by atoms with E-state index in [1.807, 2.05) is 0 Å². The Labute approximate surface area is 158 Å². The zero-order chi connectivity index (χ0) is 19.2. The lowest BCUT2D eigenvalue weighted by Crippen LogP contribution is -2.15. The molecule has 0 aliphatic carbocycles. The Bertz CT molecular complexity index is 1250. The summed E-state index contributed by atoms with van der Waals surface area (Å²) in [5.41, 5.74) is 2.18. The molecule has 0 saturated carbocycles. The average Bonchev–Trinajstić information content (AvgIpc) is 3.14. The van der Waals surface area contributed by atoms with E-state index in [2.05, 4.69) is 29.9 Å². The topological polar surface area (TPSA) is 120 Å². The second kappa shape index (κ2) is 6.28. The fourth-order valence-corrected chi connectivity index (χ4v) is 3.74. The molecule has 10 nitrogen and oxygen atoms in total. The van der Waals surface area contributed by atoms with Gasteiger partial charge in [-0.3, -0.25) is 19.4 Å². The van der Waals surface area contributed by atoms with Crippen molar-refractivity contribution < 1.29 is 8.42 Å². The first-order valence-electron chi connectivity index (χ1n) is 7.68. The molecule has 0 fully saturated rings. The highest BCUT2D eigenvalue weighted by molar-refractivity contribution is 7.92. The largest absolute Gasteiger partial charge is 0.276 e. The molecule has 0 radical (unpaired) electrons. The molecule has 4 aromatic rings. The van der Waals surface area contributed by atoms with Gasteiger partial charge in [0.05, 0.1) is 36.2 Å². The van der Waals surface area contributed by atoms with Crippen molar-refractivity contribution >= 4 is 33.0 Å². The van der Waals surface area contributed by atoms with Crippen LogP contribution in [0.15, 0.2) is 42.1 Å². The number of nitrogens with zero attached hydrogens (tertiary/aromatic N) is 7. The van der Waals surface area contributed by atoms with Gasteiger partial charge in [0.2, 0.25) is 0 Å². The number of hydrogen-bond acceptors (Lipinski definition) is 7. The summed E-state index contributed by atoms with van der Waals surface area (Å²) in [5, 5.41) is 8.64. The summed E-state index contributed by atoms with van der Waals surface area (Å²) in [5.74, 6) is 0. The molecule has 0 aliphatic rings. The SMILES string of the molecule is Cc1nn2cc(S(=O)(=O)Nc3cnn(C)c3-c3cnccn3)cnc2c1Cl. The van der Waals surface area contributed by atoms with Crippen LogP contribution >= 0.6 is 11.6 Å². The maximum absolute atomic E-state index is 12.8. The number of aryl methyl sites for hydroxylation is 2. The van der Waals surface area contributed by atoms with Gasteiger partial charge in [0.1, 0.15) is 21.3 Å². The van der Waals surface area contributed by atoms with Crippen LogP contribution in [0.4, 0.5) is 5.69 Å². The van der Waals surface area contributed by atoms with Gasteiger partial charge in [0.15, 0.2) is 5.65 Å². The second-order valence-corrected chi connectivity index (χ2v) is 7.74. The zero-order valence-corrected chi connectivity index (χ0v) is 15.8. The van der Waals surface area contributed by atoms with Crippen LogP contribution in [0.1, 0.15) is 5.69 Å². The first-order valence-corrected chi connectivity index (χ1v) is 9.54. The predicted octanol–water partition coefficient (Wildman–Crippen LogP) is 1.68. The van der Waals surface area contributed by atoms with Crippen LogP contribution in [-0.2, 0) is 17.1 Å². The first kappa shape index (κ1) is 17.4. The van der Waals surface area contributed by atoms with Gasteiger partial charge in [-0.15, -0.1) is 0 Å². The van der Waals surface area contributed by atoms with Gasteiger partial charge in [-0.2, -0.15) is 10.2 Å². The van der Waals surface area contributed by atoms with Gasteiger partial charge in [-0.1, -0.05) is 11.6 Å². The Hall–Kier alpha value is -3.05. The molecular weight excluding hydrogens is 392 g/mol. The summed E-state index contributed by atoms with van der Waals surface area (Å²) in [7, 11) is -2.26. The molecule has 4 heterocycles. The third kappa shape index (κ3) is 3.00. The smallest absolute Gasteiger partial charge is 0.265 e. The fraction of sp³-hybridized carbons (Fsp3) is 0.133.